The quantitative estimate of drug-likeness (QED) is 0.534. The summed E-state index contributed by atoms with van der Waals surface area (Å²) in [7, 11) is 0. The highest BCUT2D eigenvalue weighted by atomic mass is 32.2. The molecule has 0 aliphatic carbocycles. The summed E-state index contributed by atoms with van der Waals surface area (Å²) in [5.74, 6) is -0.867. The van der Waals surface area contributed by atoms with Gasteiger partial charge in [0, 0.05) is 12.1 Å². The molecule has 24 heavy (non-hydrogen) atoms. The van der Waals surface area contributed by atoms with Gasteiger partial charge in [-0.15, -0.1) is 0 Å². The SMILES string of the molecule is CCOc1cccc(/C=C2/SC(=S)N(CC)C2=O)c1OCC(=O)[O-]. The zero-order valence-corrected chi connectivity index (χ0v) is 14.9. The van der Waals surface area contributed by atoms with Gasteiger partial charge >= 0.3 is 0 Å². The third kappa shape index (κ3) is 4.07. The van der Waals surface area contributed by atoms with Crippen molar-refractivity contribution in [3.8, 4) is 11.5 Å². The highest BCUT2D eigenvalue weighted by molar-refractivity contribution is 8.26. The lowest BCUT2D eigenvalue weighted by atomic mass is 10.1. The molecule has 1 heterocycles. The van der Waals surface area contributed by atoms with Crippen LogP contribution in [0.3, 0.4) is 0 Å². The van der Waals surface area contributed by atoms with Gasteiger partial charge in [0.15, 0.2) is 11.5 Å². The Balaban J connectivity index is 2.40. The lowest BCUT2D eigenvalue weighted by molar-refractivity contribution is -0.307. The first-order valence-electron chi connectivity index (χ1n) is 7.31. The van der Waals surface area contributed by atoms with E-state index in [4.69, 9.17) is 21.7 Å². The van der Waals surface area contributed by atoms with Crippen LogP contribution in [0.2, 0.25) is 0 Å². The second-order valence-corrected chi connectivity index (χ2v) is 6.37. The van der Waals surface area contributed by atoms with Crippen LogP contribution in [0.25, 0.3) is 6.08 Å². The summed E-state index contributed by atoms with van der Waals surface area (Å²) < 4.78 is 11.3. The third-order valence-corrected chi connectivity index (χ3v) is 4.50. The number of para-hydroxylation sites is 1. The lowest BCUT2D eigenvalue weighted by Gasteiger charge is -2.15. The fourth-order valence-corrected chi connectivity index (χ4v) is 3.49. The number of rotatable bonds is 7. The molecule has 0 radical (unpaired) electrons. The number of carboxylic acid groups (broad SMARTS) is 1. The molecule has 1 saturated heterocycles. The standard InChI is InChI=1S/C16H17NO5S2/c1-3-17-15(20)12(24-16(17)23)8-10-6-5-7-11(21-4-2)14(10)22-9-13(18)19/h5-8H,3-4,9H2,1-2H3,(H,18,19)/p-1/b12-8+. The van der Waals surface area contributed by atoms with Crippen LogP contribution in [0.5, 0.6) is 11.5 Å². The van der Waals surface area contributed by atoms with Crippen LogP contribution in [-0.2, 0) is 9.59 Å². The fraction of sp³-hybridized carbons (Fsp3) is 0.312. The van der Waals surface area contributed by atoms with E-state index in [-0.39, 0.29) is 11.7 Å². The van der Waals surface area contributed by atoms with Crippen LogP contribution in [0.15, 0.2) is 23.1 Å². The van der Waals surface area contributed by atoms with Crippen molar-refractivity contribution in [1.82, 2.24) is 4.90 Å². The van der Waals surface area contributed by atoms with Gasteiger partial charge in [0.2, 0.25) is 0 Å². The van der Waals surface area contributed by atoms with Gasteiger partial charge in [-0.3, -0.25) is 9.69 Å². The maximum Gasteiger partial charge on any atom is 0.266 e. The molecule has 128 valence electrons. The van der Waals surface area contributed by atoms with Crippen molar-refractivity contribution in [3.05, 3.63) is 28.7 Å². The van der Waals surface area contributed by atoms with E-state index < -0.39 is 12.6 Å². The number of thioether (sulfide) groups is 1. The maximum absolute atomic E-state index is 12.3. The molecule has 2 rings (SSSR count). The molecule has 0 N–H and O–H groups in total. The number of thiocarbonyl (C=S) groups is 1. The van der Waals surface area contributed by atoms with E-state index in [9.17, 15) is 14.7 Å². The van der Waals surface area contributed by atoms with Crippen LogP contribution < -0.4 is 14.6 Å². The van der Waals surface area contributed by atoms with Crippen molar-refractivity contribution < 1.29 is 24.2 Å². The van der Waals surface area contributed by atoms with E-state index in [1.54, 1.807) is 24.3 Å². The number of benzene rings is 1. The predicted octanol–water partition coefficient (Wildman–Crippen LogP) is 1.44. The minimum Gasteiger partial charge on any atom is -0.546 e. The first-order valence-corrected chi connectivity index (χ1v) is 8.54. The number of likely N-dealkylation sites (N-methyl/N-ethyl adjacent to an activating group) is 1. The average molecular weight is 366 g/mol. The molecule has 0 unspecified atom stereocenters. The van der Waals surface area contributed by atoms with Gasteiger partial charge < -0.3 is 19.4 Å². The van der Waals surface area contributed by atoms with Crippen molar-refractivity contribution in [2.24, 2.45) is 0 Å². The number of hydrogen-bond acceptors (Lipinski definition) is 7. The van der Waals surface area contributed by atoms with Crippen LogP contribution >= 0.6 is 24.0 Å². The number of nitrogens with zero attached hydrogens (tertiary/aromatic N) is 1. The van der Waals surface area contributed by atoms with Crippen LogP contribution in [0.4, 0.5) is 0 Å². The number of ether oxygens (including phenoxy) is 2. The van der Waals surface area contributed by atoms with Crippen molar-refractivity contribution in [2.75, 3.05) is 19.8 Å². The van der Waals surface area contributed by atoms with E-state index in [2.05, 4.69) is 0 Å². The second kappa shape index (κ2) is 8.16. The predicted molar refractivity (Wildman–Crippen MR) is 93.7 cm³/mol. The highest BCUT2D eigenvalue weighted by Crippen LogP contribution is 2.37. The van der Waals surface area contributed by atoms with Gasteiger partial charge in [-0.05, 0) is 26.0 Å². The average Bonchev–Trinajstić information content (AvgIpc) is 2.80. The van der Waals surface area contributed by atoms with Crippen LogP contribution in [0, 0.1) is 0 Å². The summed E-state index contributed by atoms with van der Waals surface area (Å²) in [6.07, 6.45) is 1.63. The zero-order chi connectivity index (χ0) is 17.7. The highest BCUT2D eigenvalue weighted by Gasteiger charge is 2.31. The Morgan fingerprint density at radius 3 is 2.71 bits per heavy atom. The molecule has 0 bridgehead atoms. The van der Waals surface area contributed by atoms with Gasteiger partial charge in [0.1, 0.15) is 10.9 Å². The molecule has 8 heteroatoms. The molecule has 1 aliphatic heterocycles. The van der Waals surface area contributed by atoms with E-state index >= 15 is 0 Å². The lowest BCUT2D eigenvalue weighted by Crippen LogP contribution is -2.29. The van der Waals surface area contributed by atoms with Gasteiger partial charge in [-0.1, -0.05) is 36.1 Å². The molecule has 0 spiro atoms. The summed E-state index contributed by atoms with van der Waals surface area (Å²) in [5, 5.41) is 10.7. The number of carbonyl (C=O) groups is 2. The van der Waals surface area contributed by atoms with E-state index in [1.165, 1.54) is 16.7 Å². The van der Waals surface area contributed by atoms with E-state index in [1.807, 2.05) is 13.8 Å². The van der Waals surface area contributed by atoms with Gasteiger partial charge in [-0.25, -0.2) is 0 Å². The van der Waals surface area contributed by atoms with Gasteiger partial charge in [-0.2, -0.15) is 0 Å². The Kier molecular flexibility index (Phi) is 6.22. The van der Waals surface area contributed by atoms with E-state index in [0.29, 0.717) is 33.7 Å². The summed E-state index contributed by atoms with van der Waals surface area (Å²) in [4.78, 5) is 25.0. The number of carbonyl (C=O) groups excluding carboxylic acids is 2. The molecule has 0 aromatic heterocycles. The molecule has 1 aromatic carbocycles. The molecule has 0 atom stereocenters. The monoisotopic (exact) mass is 366 g/mol. The Bertz CT molecular complexity index is 702. The normalized spacial score (nSPS) is 15.9. The topological polar surface area (TPSA) is 78.9 Å². The van der Waals surface area contributed by atoms with Gasteiger partial charge in [0.25, 0.3) is 5.91 Å². The molecule has 1 aromatic rings. The number of hydrogen-bond donors (Lipinski definition) is 0. The summed E-state index contributed by atoms with van der Waals surface area (Å²) in [5.41, 5.74) is 0.541. The Morgan fingerprint density at radius 2 is 2.12 bits per heavy atom. The largest absolute Gasteiger partial charge is 0.546 e. The molecule has 0 saturated carbocycles. The number of aliphatic carboxylic acids is 1. The summed E-state index contributed by atoms with van der Waals surface area (Å²) in [6.45, 7) is 3.93. The van der Waals surface area contributed by atoms with Crippen molar-refractivity contribution >= 4 is 46.3 Å². The van der Waals surface area contributed by atoms with Crippen LogP contribution in [-0.4, -0.2) is 40.9 Å². The second-order valence-electron chi connectivity index (χ2n) is 4.69. The molecule has 6 nitrogen and oxygen atoms in total. The van der Waals surface area contributed by atoms with Crippen LogP contribution in [0.1, 0.15) is 19.4 Å². The maximum atomic E-state index is 12.3. The van der Waals surface area contributed by atoms with Crippen molar-refractivity contribution in [1.29, 1.82) is 0 Å². The molecular formula is C16H16NO5S2-. The number of amides is 1. The molecule has 1 amide bonds. The van der Waals surface area contributed by atoms with Crippen molar-refractivity contribution in [2.45, 2.75) is 13.8 Å². The van der Waals surface area contributed by atoms with E-state index in [0.717, 1.165) is 0 Å². The molecular weight excluding hydrogens is 350 g/mol. The first kappa shape index (κ1) is 18.3. The fourth-order valence-electron chi connectivity index (χ4n) is 2.12. The summed E-state index contributed by atoms with van der Waals surface area (Å²) in [6, 6.07) is 5.12. The number of carboxylic acids is 1. The smallest absolute Gasteiger partial charge is 0.266 e. The Morgan fingerprint density at radius 1 is 1.38 bits per heavy atom. The third-order valence-electron chi connectivity index (χ3n) is 3.12. The Labute approximate surface area is 149 Å². The van der Waals surface area contributed by atoms with Gasteiger partial charge in [0.05, 0.1) is 17.5 Å². The first-order chi connectivity index (χ1) is 11.5. The molecule has 1 fully saturated rings. The zero-order valence-electron chi connectivity index (χ0n) is 13.2. The summed E-state index contributed by atoms with van der Waals surface area (Å²) >= 11 is 6.38. The minimum atomic E-state index is -1.34. The Hall–Kier alpha value is -2.06. The minimum absolute atomic E-state index is 0.180. The van der Waals surface area contributed by atoms with Crippen molar-refractivity contribution in [3.63, 3.8) is 0 Å². The molecule has 1 aliphatic rings.